The van der Waals surface area contributed by atoms with Gasteiger partial charge in [-0.15, -0.1) is 0 Å². The van der Waals surface area contributed by atoms with Gasteiger partial charge < -0.3 is 4.98 Å². The third kappa shape index (κ3) is 1.53. The number of aromatic amines is 1. The monoisotopic (exact) mass is 177 g/mol. The first-order valence-corrected chi connectivity index (χ1v) is 5.05. The van der Waals surface area contributed by atoms with Gasteiger partial charge in [-0.3, -0.25) is 4.79 Å². The molecule has 0 fully saturated rings. The normalized spacial score (nSPS) is 15.5. The smallest absolute Gasteiger partial charge is 0.251 e. The molecule has 0 saturated carbocycles. The molecule has 0 saturated heterocycles. The van der Waals surface area contributed by atoms with Crippen LogP contribution in [-0.4, -0.2) is 4.98 Å². The Balaban J connectivity index is 2.53. The van der Waals surface area contributed by atoms with Crippen molar-refractivity contribution in [2.24, 2.45) is 0 Å². The lowest BCUT2D eigenvalue weighted by molar-refractivity contribution is 0.673. The molecule has 13 heavy (non-hydrogen) atoms. The van der Waals surface area contributed by atoms with E-state index in [0.29, 0.717) is 0 Å². The molecule has 1 heterocycles. The average molecular weight is 177 g/mol. The van der Waals surface area contributed by atoms with Crippen LogP contribution >= 0.6 is 0 Å². The molecule has 0 unspecified atom stereocenters. The van der Waals surface area contributed by atoms with Crippen LogP contribution in [0.4, 0.5) is 0 Å². The lowest BCUT2D eigenvalue weighted by Crippen LogP contribution is -2.20. The number of hydrogen-bond donors (Lipinski definition) is 1. The largest absolute Gasteiger partial charge is 0.326 e. The van der Waals surface area contributed by atoms with Gasteiger partial charge in [-0.05, 0) is 43.7 Å². The van der Waals surface area contributed by atoms with E-state index < -0.39 is 0 Å². The second kappa shape index (κ2) is 3.36. The van der Waals surface area contributed by atoms with Gasteiger partial charge in [0.15, 0.2) is 0 Å². The summed E-state index contributed by atoms with van der Waals surface area (Å²) in [7, 11) is 0. The molecule has 0 aromatic carbocycles. The minimum Gasteiger partial charge on any atom is -0.326 e. The average Bonchev–Trinajstić information content (AvgIpc) is 2.18. The summed E-state index contributed by atoms with van der Waals surface area (Å²) in [6.45, 7) is 2.07. The standard InChI is InChI=1S/C11H15NO/c1-2-9-7-8-5-3-4-6-10(8)11(13)12-9/h7H,2-6H2,1H3,(H,12,13). The molecule has 1 aliphatic rings. The number of hydrogen-bond acceptors (Lipinski definition) is 1. The van der Waals surface area contributed by atoms with Crippen molar-refractivity contribution in [3.63, 3.8) is 0 Å². The molecule has 0 aliphatic heterocycles. The second-order valence-electron chi connectivity index (χ2n) is 3.69. The summed E-state index contributed by atoms with van der Waals surface area (Å²) in [5.74, 6) is 0. The van der Waals surface area contributed by atoms with Crippen LogP contribution in [0, 0.1) is 0 Å². The molecule has 0 radical (unpaired) electrons. The Hall–Kier alpha value is -1.05. The van der Waals surface area contributed by atoms with Crippen LogP contribution in [0.2, 0.25) is 0 Å². The lowest BCUT2D eigenvalue weighted by Gasteiger charge is -2.15. The molecule has 2 heteroatoms. The molecular formula is C11H15NO. The first-order valence-electron chi connectivity index (χ1n) is 5.05. The van der Waals surface area contributed by atoms with Crippen molar-refractivity contribution < 1.29 is 0 Å². The zero-order valence-electron chi connectivity index (χ0n) is 8.02. The lowest BCUT2D eigenvalue weighted by atomic mass is 9.92. The zero-order valence-corrected chi connectivity index (χ0v) is 8.02. The molecule has 1 aliphatic carbocycles. The van der Waals surface area contributed by atoms with Crippen LogP contribution in [0.25, 0.3) is 0 Å². The fourth-order valence-electron chi connectivity index (χ4n) is 2.01. The Morgan fingerprint density at radius 2 is 2.15 bits per heavy atom. The molecule has 0 atom stereocenters. The van der Waals surface area contributed by atoms with Crippen molar-refractivity contribution >= 4 is 0 Å². The second-order valence-corrected chi connectivity index (χ2v) is 3.69. The van der Waals surface area contributed by atoms with Gasteiger partial charge in [-0.2, -0.15) is 0 Å². The zero-order chi connectivity index (χ0) is 9.26. The van der Waals surface area contributed by atoms with Gasteiger partial charge in [-0.1, -0.05) is 6.92 Å². The summed E-state index contributed by atoms with van der Waals surface area (Å²) in [6.07, 6.45) is 5.38. The summed E-state index contributed by atoms with van der Waals surface area (Å²) in [4.78, 5) is 14.5. The third-order valence-electron chi connectivity index (χ3n) is 2.79. The van der Waals surface area contributed by atoms with Crippen molar-refractivity contribution in [1.29, 1.82) is 0 Å². The van der Waals surface area contributed by atoms with Crippen LogP contribution < -0.4 is 5.56 Å². The van der Waals surface area contributed by atoms with Gasteiger partial charge in [0.2, 0.25) is 0 Å². The summed E-state index contributed by atoms with van der Waals surface area (Å²) in [5.41, 5.74) is 3.54. The number of aryl methyl sites for hydroxylation is 2. The Labute approximate surface area is 78.0 Å². The van der Waals surface area contributed by atoms with E-state index in [1.54, 1.807) is 0 Å². The molecule has 1 aromatic heterocycles. The SMILES string of the molecule is CCc1cc2c(c(=O)[nH]1)CCCC2. The maximum absolute atomic E-state index is 11.6. The molecule has 1 aromatic rings. The minimum atomic E-state index is 0.147. The number of H-pyrrole nitrogens is 1. The number of rotatable bonds is 1. The minimum absolute atomic E-state index is 0.147. The fraction of sp³-hybridized carbons (Fsp3) is 0.545. The highest BCUT2D eigenvalue weighted by Crippen LogP contribution is 2.18. The van der Waals surface area contributed by atoms with Crippen molar-refractivity contribution in [3.05, 3.63) is 33.2 Å². The number of fused-ring (bicyclic) bond motifs is 1. The van der Waals surface area contributed by atoms with Gasteiger partial charge in [0.1, 0.15) is 0 Å². The summed E-state index contributed by atoms with van der Waals surface area (Å²) >= 11 is 0. The van der Waals surface area contributed by atoms with E-state index >= 15 is 0 Å². The molecule has 2 nitrogen and oxygen atoms in total. The van der Waals surface area contributed by atoms with E-state index in [-0.39, 0.29) is 5.56 Å². The maximum Gasteiger partial charge on any atom is 0.251 e. The molecule has 0 amide bonds. The Bertz CT molecular complexity index is 365. The predicted molar refractivity (Wildman–Crippen MR) is 53.1 cm³/mol. The van der Waals surface area contributed by atoms with Crippen LogP contribution in [-0.2, 0) is 19.3 Å². The topological polar surface area (TPSA) is 32.9 Å². The first kappa shape index (κ1) is 8.54. The number of nitrogens with one attached hydrogen (secondary N) is 1. The van der Waals surface area contributed by atoms with Crippen molar-refractivity contribution in [2.45, 2.75) is 39.0 Å². The quantitative estimate of drug-likeness (QED) is 0.697. The third-order valence-corrected chi connectivity index (χ3v) is 2.79. The Morgan fingerprint density at radius 1 is 1.38 bits per heavy atom. The molecule has 2 rings (SSSR count). The summed E-state index contributed by atoms with van der Waals surface area (Å²) in [5, 5.41) is 0. The van der Waals surface area contributed by atoms with Gasteiger partial charge in [0, 0.05) is 11.3 Å². The number of pyridine rings is 1. The van der Waals surface area contributed by atoms with Crippen LogP contribution in [0.3, 0.4) is 0 Å². The maximum atomic E-state index is 11.6. The van der Waals surface area contributed by atoms with E-state index in [9.17, 15) is 4.79 Å². The van der Waals surface area contributed by atoms with E-state index in [1.165, 1.54) is 18.4 Å². The van der Waals surface area contributed by atoms with Crippen molar-refractivity contribution in [3.8, 4) is 0 Å². The number of aromatic nitrogens is 1. The summed E-state index contributed by atoms with van der Waals surface area (Å²) < 4.78 is 0. The Morgan fingerprint density at radius 3 is 2.92 bits per heavy atom. The first-order chi connectivity index (χ1) is 6.31. The van der Waals surface area contributed by atoms with Gasteiger partial charge in [0.05, 0.1) is 0 Å². The Kier molecular flexibility index (Phi) is 2.21. The van der Waals surface area contributed by atoms with E-state index in [0.717, 1.165) is 30.5 Å². The van der Waals surface area contributed by atoms with Crippen molar-refractivity contribution in [2.75, 3.05) is 0 Å². The summed E-state index contributed by atoms with van der Waals surface area (Å²) in [6, 6.07) is 2.16. The van der Waals surface area contributed by atoms with Crippen LogP contribution in [0.5, 0.6) is 0 Å². The van der Waals surface area contributed by atoms with Gasteiger partial charge in [0.25, 0.3) is 5.56 Å². The molecule has 0 spiro atoms. The predicted octanol–water partition coefficient (Wildman–Crippen LogP) is 1.82. The van der Waals surface area contributed by atoms with Gasteiger partial charge >= 0.3 is 0 Å². The molecule has 70 valence electrons. The van der Waals surface area contributed by atoms with Crippen LogP contribution in [0.15, 0.2) is 10.9 Å². The van der Waals surface area contributed by atoms with Gasteiger partial charge in [-0.25, -0.2) is 0 Å². The molecule has 1 N–H and O–H groups in total. The van der Waals surface area contributed by atoms with E-state index in [1.807, 2.05) is 0 Å². The highest BCUT2D eigenvalue weighted by atomic mass is 16.1. The van der Waals surface area contributed by atoms with Crippen LogP contribution in [0.1, 0.15) is 36.6 Å². The highest BCUT2D eigenvalue weighted by Gasteiger charge is 2.12. The highest BCUT2D eigenvalue weighted by molar-refractivity contribution is 5.28. The van der Waals surface area contributed by atoms with E-state index in [4.69, 9.17) is 0 Å². The van der Waals surface area contributed by atoms with E-state index in [2.05, 4.69) is 18.0 Å². The molecular weight excluding hydrogens is 162 g/mol. The van der Waals surface area contributed by atoms with Crippen molar-refractivity contribution in [1.82, 2.24) is 4.98 Å². The molecule has 0 bridgehead atoms. The fourth-order valence-corrected chi connectivity index (χ4v) is 2.01.